The second-order valence-corrected chi connectivity index (χ2v) is 2.03. The molecule has 2 heteroatoms. The maximum atomic E-state index is 4.07. The minimum atomic E-state index is 0. The fourth-order valence-corrected chi connectivity index (χ4v) is 0.881. The third kappa shape index (κ3) is 0.714. The molecule has 0 aliphatic heterocycles. The van der Waals surface area contributed by atoms with Gasteiger partial charge in [0.15, 0.2) is 0 Å². The quantitative estimate of drug-likeness (QED) is 0.526. The van der Waals surface area contributed by atoms with Gasteiger partial charge in [-0.3, -0.25) is 0 Å². The molecule has 2 rings (SSSR count). The van der Waals surface area contributed by atoms with E-state index in [2.05, 4.69) is 15.7 Å². The standard InChI is InChI=1S/C8H6N2.H2/c1-2-4-7-8(5-3-1)10-6-9-7;/h1-4,6H,(H,9,10);1H. The van der Waals surface area contributed by atoms with E-state index in [1.807, 2.05) is 24.3 Å². The molecule has 1 aromatic rings. The van der Waals surface area contributed by atoms with Gasteiger partial charge in [0.05, 0.1) is 11.7 Å². The number of hydrogen-bond acceptors (Lipinski definition) is 1. The zero-order valence-electron chi connectivity index (χ0n) is 5.33. The Kier molecular flexibility index (Phi) is 1.06. The lowest BCUT2D eigenvalue weighted by molar-refractivity contribution is 1.29. The smallest absolute Gasteiger partial charge is 0.109 e. The molecule has 0 atom stereocenters. The molecule has 0 radical (unpaired) electrons. The fourth-order valence-electron chi connectivity index (χ4n) is 0.881. The number of nitrogens with one attached hydrogen (secondary N) is 1. The minimum Gasteiger partial charge on any atom is -0.338 e. The van der Waals surface area contributed by atoms with Crippen molar-refractivity contribution in [3.05, 3.63) is 35.3 Å². The normalized spacial score (nSPS) is 13.2. The first kappa shape index (κ1) is 5.27. The van der Waals surface area contributed by atoms with E-state index in [1.54, 1.807) is 6.33 Å². The molecule has 0 saturated heterocycles. The third-order valence-electron chi connectivity index (χ3n) is 1.36. The second kappa shape index (κ2) is 2.01. The van der Waals surface area contributed by atoms with E-state index < -0.39 is 0 Å². The van der Waals surface area contributed by atoms with Crippen LogP contribution in [-0.4, -0.2) is 9.97 Å². The van der Waals surface area contributed by atoms with Crippen LogP contribution in [0.1, 0.15) is 1.43 Å². The molecule has 0 saturated carbocycles. The van der Waals surface area contributed by atoms with Gasteiger partial charge in [0.1, 0.15) is 5.35 Å². The molecule has 1 N–H and O–H groups in total. The maximum Gasteiger partial charge on any atom is 0.109 e. The first-order valence-electron chi connectivity index (χ1n) is 3.10. The van der Waals surface area contributed by atoms with Crippen molar-refractivity contribution in [1.29, 1.82) is 0 Å². The van der Waals surface area contributed by atoms with Gasteiger partial charge in [-0.25, -0.2) is 4.98 Å². The molecule has 1 aromatic heterocycles. The van der Waals surface area contributed by atoms with Gasteiger partial charge in [-0.15, -0.1) is 0 Å². The highest BCUT2D eigenvalue weighted by Crippen LogP contribution is 1.76. The van der Waals surface area contributed by atoms with E-state index in [0.717, 1.165) is 10.7 Å². The average molecular weight is 132 g/mol. The Balaban J connectivity index is 0.000000605. The van der Waals surface area contributed by atoms with Crippen LogP contribution >= 0.6 is 0 Å². The van der Waals surface area contributed by atoms with Crippen molar-refractivity contribution in [2.45, 2.75) is 0 Å². The zero-order chi connectivity index (χ0) is 6.81. The summed E-state index contributed by atoms with van der Waals surface area (Å²) in [7, 11) is 0. The van der Waals surface area contributed by atoms with Crippen molar-refractivity contribution in [2.24, 2.45) is 0 Å². The van der Waals surface area contributed by atoms with Gasteiger partial charge in [-0.2, -0.15) is 0 Å². The number of H-pyrrole nitrogens is 1. The number of hydrogen-bond donors (Lipinski definition) is 1. The Morgan fingerprint density at radius 2 is 2.50 bits per heavy atom. The van der Waals surface area contributed by atoms with Gasteiger partial charge in [-0.05, 0) is 12.2 Å². The molecule has 0 aromatic carbocycles. The predicted octanol–water partition coefficient (Wildman–Crippen LogP) is -0.0584. The maximum absolute atomic E-state index is 4.07. The van der Waals surface area contributed by atoms with Gasteiger partial charge in [-0.1, -0.05) is 17.9 Å². The predicted molar refractivity (Wildman–Crippen MR) is 41.5 cm³/mol. The Morgan fingerprint density at radius 3 is 3.50 bits per heavy atom. The molecule has 0 fully saturated rings. The lowest BCUT2D eigenvalue weighted by Crippen LogP contribution is -2.22. The summed E-state index contributed by atoms with van der Waals surface area (Å²) in [5.41, 5.74) is 3.04. The van der Waals surface area contributed by atoms with Crippen molar-refractivity contribution in [3.8, 4) is 0 Å². The van der Waals surface area contributed by atoms with Crippen molar-refractivity contribution >= 4 is 11.8 Å². The van der Waals surface area contributed by atoms with E-state index in [-0.39, 0.29) is 1.43 Å². The number of nitrogens with zero attached hydrogens (tertiary/aromatic N) is 1. The summed E-state index contributed by atoms with van der Waals surface area (Å²) < 4.78 is 0. The number of imidazole rings is 1. The number of allylic oxidation sites excluding steroid dienone is 3. The second-order valence-electron chi connectivity index (χ2n) is 2.03. The van der Waals surface area contributed by atoms with Crippen LogP contribution in [0, 0.1) is 0 Å². The van der Waals surface area contributed by atoms with Crippen molar-refractivity contribution in [3.63, 3.8) is 0 Å². The van der Waals surface area contributed by atoms with Gasteiger partial charge < -0.3 is 4.98 Å². The van der Waals surface area contributed by atoms with Crippen LogP contribution in [0.3, 0.4) is 0 Å². The Morgan fingerprint density at radius 1 is 1.50 bits per heavy atom. The molecule has 10 heavy (non-hydrogen) atoms. The van der Waals surface area contributed by atoms with Crippen molar-refractivity contribution < 1.29 is 1.43 Å². The van der Waals surface area contributed by atoms with Crippen molar-refractivity contribution in [2.75, 3.05) is 0 Å². The summed E-state index contributed by atoms with van der Waals surface area (Å²) in [5.74, 6) is 0. The van der Waals surface area contributed by atoms with E-state index in [1.165, 1.54) is 0 Å². The molecule has 0 bridgehead atoms. The molecule has 1 heterocycles. The van der Waals surface area contributed by atoms with Crippen LogP contribution in [0.5, 0.6) is 0 Å². The highest BCUT2D eigenvalue weighted by molar-refractivity contribution is 5.41. The Labute approximate surface area is 59.4 Å². The topological polar surface area (TPSA) is 28.7 Å². The van der Waals surface area contributed by atoms with Gasteiger partial charge in [0.25, 0.3) is 0 Å². The first-order chi connectivity index (χ1) is 4.97. The van der Waals surface area contributed by atoms with Crippen LogP contribution in [0.4, 0.5) is 0 Å². The number of aromatic amines is 1. The molecule has 0 amide bonds. The minimum absolute atomic E-state index is 0. The lowest BCUT2D eigenvalue weighted by atomic mass is 10.5. The van der Waals surface area contributed by atoms with Crippen LogP contribution in [0.25, 0.3) is 11.8 Å². The molecule has 1 aliphatic rings. The van der Waals surface area contributed by atoms with E-state index >= 15 is 0 Å². The van der Waals surface area contributed by atoms with Gasteiger partial charge in [0.2, 0.25) is 0 Å². The lowest BCUT2D eigenvalue weighted by Gasteiger charge is -1.66. The number of rotatable bonds is 0. The van der Waals surface area contributed by atoms with Crippen LogP contribution in [0.15, 0.2) is 24.6 Å². The summed E-state index contributed by atoms with van der Waals surface area (Å²) in [6.45, 7) is 0. The largest absolute Gasteiger partial charge is 0.338 e. The highest BCUT2D eigenvalue weighted by Gasteiger charge is 1.83. The van der Waals surface area contributed by atoms with E-state index in [4.69, 9.17) is 0 Å². The molecule has 2 nitrogen and oxygen atoms in total. The third-order valence-corrected chi connectivity index (χ3v) is 1.36. The average Bonchev–Trinajstić information content (AvgIpc) is 2.28. The monoisotopic (exact) mass is 132 g/mol. The molecule has 50 valence electrons. The summed E-state index contributed by atoms with van der Waals surface area (Å²) in [5, 5.41) is 1.90. The zero-order valence-corrected chi connectivity index (χ0v) is 5.33. The summed E-state index contributed by atoms with van der Waals surface area (Å²) in [6.07, 6.45) is 9.35. The Bertz CT molecular complexity index is 408. The van der Waals surface area contributed by atoms with Crippen LogP contribution < -0.4 is 10.7 Å². The molecule has 1 aliphatic carbocycles. The highest BCUT2D eigenvalue weighted by atomic mass is 14.8. The summed E-state index contributed by atoms with van der Waals surface area (Å²) in [6, 6.07) is 0. The number of aromatic nitrogens is 2. The van der Waals surface area contributed by atoms with Crippen LogP contribution in [-0.2, 0) is 0 Å². The number of fused-ring (bicyclic) bond motifs is 1. The molecule has 0 unspecified atom stereocenters. The fraction of sp³-hybridized carbons (Fsp3) is 0. The summed E-state index contributed by atoms with van der Waals surface area (Å²) in [4.78, 5) is 7.04. The molecule has 0 spiro atoms. The Hall–Kier alpha value is -1.53. The van der Waals surface area contributed by atoms with Gasteiger partial charge >= 0.3 is 0 Å². The summed E-state index contributed by atoms with van der Waals surface area (Å²) >= 11 is 0. The van der Waals surface area contributed by atoms with Gasteiger partial charge in [0, 0.05) is 1.43 Å². The molecular weight excluding hydrogens is 124 g/mol. The van der Waals surface area contributed by atoms with E-state index in [0.29, 0.717) is 0 Å². The molecular formula is C8H8N2. The SMILES string of the molecule is C1=CC=CC=c2nc[nH]c2=1.[HH]. The first-order valence-corrected chi connectivity index (χ1v) is 3.10. The van der Waals surface area contributed by atoms with E-state index in [9.17, 15) is 0 Å². The van der Waals surface area contributed by atoms with Crippen molar-refractivity contribution in [1.82, 2.24) is 9.97 Å². The van der Waals surface area contributed by atoms with Crippen LogP contribution in [0.2, 0.25) is 0 Å².